The number of rotatable bonds is 4. The van der Waals surface area contributed by atoms with Crippen molar-refractivity contribution in [2.24, 2.45) is 0 Å². The van der Waals surface area contributed by atoms with Gasteiger partial charge in [-0.2, -0.15) is 4.79 Å². The molecule has 102 valence electrons. The van der Waals surface area contributed by atoms with Gasteiger partial charge in [0.15, 0.2) is 0 Å². The minimum Gasteiger partial charge on any atom is -0.360 e. The van der Waals surface area contributed by atoms with Gasteiger partial charge in [0.05, 0.1) is 0 Å². The maximum atomic E-state index is 11.4. The number of carbonyl (C=O) groups excluding carboxylic acids is 2. The van der Waals surface area contributed by atoms with E-state index < -0.39 is 18.8 Å². The molecule has 0 fully saturated rings. The van der Waals surface area contributed by atoms with E-state index in [0.29, 0.717) is 0 Å². The molecule has 0 saturated heterocycles. The lowest BCUT2D eigenvalue weighted by molar-refractivity contribution is -0.114. The van der Waals surface area contributed by atoms with Gasteiger partial charge in [-0.1, -0.05) is 0 Å². The minimum absolute atomic E-state index is 0.604. The maximum Gasteiger partial charge on any atom is 0.446 e. The summed E-state index contributed by atoms with van der Waals surface area (Å²) in [4.78, 5) is 22.1. The number of ketones is 1. The van der Waals surface area contributed by atoms with Crippen LogP contribution in [0.3, 0.4) is 0 Å². The summed E-state index contributed by atoms with van der Waals surface area (Å²) in [6.07, 6.45) is 5.35. The summed E-state index contributed by atoms with van der Waals surface area (Å²) in [5.74, 6) is 1.59. The molecular weight excluding hydrogens is 259 g/mol. The van der Waals surface area contributed by atoms with Crippen LogP contribution in [0.5, 0.6) is 0 Å². The predicted octanol–water partition coefficient (Wildman–Crippen LogP) is 1.53. The van der Waals surface area contributed by atoms with Crippen LogP contribution in [0.4, 0.5) is 0 Å². The lowest BCUT2D eigenvalue weighted by Gasteiger charge is -2.05. The molecule has 0 N–H and O–H groups in total. The molecule has 8 heteroatoms. The van der Waals surface area contributed by atoms with Crippen molar-refractivity contribution in [3.05, 3.63) is 5.53 Å². The van der Waals surface area contributed by atoms with Gasteiger partial charge in [-0.05, 0) is 13.8 Å². The third-order valence-electron chi connectivity index (χ3n) is 1.15. The van der Waals surface area contributed by atoms with E-state index in [1.54, 1.807) is 6.92 Å². The van der Waals surface area contributed by atoms with Gasteiger partial charge < -0.3 is 19.4 Å². The van der Waals surface area contributed by atoms with Crippen LogP contribution in [0.1, 0.15) is 20.8 Å². The Kier molecular flexibility index (Phi) is 16.3. The molecule has 0 unspecified atom stereocenters. The summed E-state index contributed by atoms with van der Waals surface area (Å²) >= 11 is 0. The smallest absolute Gasteiger partial charge is 0.360 e. The Hall–Kier alpha value is -1.57. The lowest BCUT2D eigenvalue weighted by atomic mass is 10.5. The van der Waals surface area contributed by atoms with E-state index in [1.165, 1.54) is 6.92 Å². The molecule has 0 rings (SSSR count). The van der Waals surface area contributed by atoms with Crippen LogP contribution < -0.4 is 0 Å². The molecule has 0 saturated carbocycles. The van der Waals surface area contributed by atoms with Crippen molar-refractivity contribution in [3.63, 3.8) is 0 Å². The van der Waals surface area contributed by atoms with E-state index in [9.17, 15) is 9.36 Å². The molecule has 7 nitrogen and oxygen atoms in total. The highest BCUT2D eigenvalue weighted by Gasteiger charge is 2.41. The predicted molar refractivity (Wildman–Crippen MR) is 67.2 cm³/mol. The van der Waals surface area contributed by atoms with E-state index in [2.05, 4.69) is 26.2 Å². The van der Waals surface area contributed by atoms with Crippen LogP contribution in [-0.4, -0.2) is 36.5 Å². The molecule has 0 aliphatic carbocycles. The first-order valence-corrected chi connectivity index (χ1v) is 6.11. The molecule has 0 bridgehead atoms. The highest BCUT2D eigenvalue weighted by molar-refractivity contribution is 7.74. The van der Waals surface area contributed by atoms with Crippen LogP contribution in [0.15, 0.2) is 0 Å². The van der Waals surface area contributed by atoms with Gasteiger partial charge in [0.25, 0.3) is 0 Å². The van der Waals surface area contributed by atoms with Gasteiger partial charge in [0.2, 0.25) is 5.78 Å². The summed E-state index contributed by atoms with van der Waals surface area (Å²) in [5.41, 5.74) is 7.73. The summed E-state index contributed by atoms with van der Waals surface area (Å²) in [5, 5.41) is 0. The zero-order valence-electron chi connectivity index (χ0n) is 11.0. The molecule has 0 radical (unpaired) electrons. The summed E-state index contributed by atoms with van der Waals surface area (Å²) in [6.45, 7) is 4.19. The fraction of sp³-hybridized carbons (Fsp3) is 0.500. The Morgan fingerprint density at radius 2 is 1.72 bits per heavy atom. The van der Waals surface area contributed by atoms with Crippen LogP contribution in [0.2, 0.25) is 0 Å². The molecule has 0 aliphatic heterocycles. The molecule has 18 heavy (non-hydrogen) atoms. The maximum absolute atomic E-state index is 11.4. The third kappa shape index (κ3) is 9.64. The van der Waals surface area contributed by atoms with E-state index >= 15 is 0 Å². The van der Waals surface area contributed by atoms with E-state index in [4.69, 9.17) is 10.3 Å². The topological polar surface area (TPSA) is 106 Å². The fourth-order valence-electron chi connectivity index (χ4n) is 0.565. The Labute approximate surface area is 107 Å². The number of hydrogen-bond donors (Lipinski definition) is 0. The first-order chi connectivity index (χ1) is 8.34. The van der Waals surface area contributed by atoms with E-state index in [1.807, 2.05) is 0 Å². The molecule has 0 atom stereocenters. The van der Waals surface area contributed by atoms with Crippen molar-refractivity contribution >= 4 is 25.1 Å². The van der Waals surface area contributed by atoms with Crippen molar-refractivity contribution in [1.29, 1.82) is 0 Å². The van der Waals surface area contributed by atoms with Crippen molar-refractivity contribution in [2.45, 2.75) is 20.8 Å². The average Bonchev–Trinajstić information content (AvgIpc) is 2.31. The van der Waals surface area contributed by atoms with Gasteiger partial charge in [-0.3, -0.25) is 4.79 Å². The first-order valence-electron chi connectivity index (χ1n) is 4.57. The Bertz CT molecular complexity index is 386. The monoisotopic (exact) mass is 276 g/mol. The molecule has 0 amide bonds. The minimum atomic E-state index is -3.70. The van der Waals surface area contributed by atoms with Crippen LogP contribution >= 0.6 is 7.60 Å². The SMILES string of the molecule is C#CC.CC=O.COP(=O)(OC)C(=[N+]=[N-])C(C)=O. The summed E-state index contributed by atoms with van der Waals surface area (Å²) in [6, 6.07) is 0. The lowest BCUT2D eigenvalue weighted by Crippen LogP contribution is -2.13. The number of carbonyl (C=O) groups is 2. The number of terminal acetylenes is 1. The molecule has 0 aromatic carbocycles. The number of nitrogens with zero attached hydrogens (tertiary/aromatic N) is 2. The highest BCUT2D eigenvalue weighted by atomic mass is 31.2. The third-order valence-corrected chi connectivity index (χ3v) is 3.03. The zero-order valence-corrected chi connectivity index (χ0v) is 11.9. The molecule has 0 aromatic rings. The second kappa shape index (κ2) is 13.5. The van der Waals surface area contributed by atoms with Crippen LogP contribution in [0.25, 0.3) is 5.53 Å². The van der Waals surface area contributed by atoms with Crippen LogP contribution in [-0.2, 0) is 23.2 Å². The second-order valence-electron chi connectivity index (χ2n) is 2.37. The molecule has 0 spiro atoms. The standard InChI is InChI=1S/C5H9N2O4P.C3H4.C2H4O/c1-4(8)5(7-6)12(9,10-2)11-3;1-3-2;1-2-3/h1-3H3;1H,2H3;2H,1H3. The van der Waals surface area contributed by atoms with E-state index in [0.717, 1.165) is 27.4 Å². The van der Waals surface area contributed by atoms with Crippen LogP contribution in [0, 0.1) is 12.3 Å². The average molecular weight is 276 g/mol. The molecule has 0 heterocycles. The first kappa shape index (κ1) is 21.7. The van der Waals surface area contributed by atoms with Crippen molar-refractivity contribution in [3.8, 4) is 12.3 Å². The van der Waals surface area contributed by atoms with Gasteiger partial charge in [-0.15, -0.1) is 12.3 Å². The largest absolute Gasteiger partial charge is 0.446 e. The fourth-order valence-corrected chi connectivity index (χ4v) is 1.56. The Balaban J connectivity index is -0.000000315. The number of hydrogen-bond acceptors (Lipinski definition) is 5. The number of Topliss-reactive ketones (excluding diaryl/α,β-unsaturated/α-hetero) is 1. The molecule has 0 aliphatic rings. The van der Waals surface area contributed by atoms with Crippen molar-refractivity contribution in [2.75, 3.05) is 14.2 Å². The molecular formula is C10H17N2O5P. The summed E-state index contributed by atoms with van der Waals surface area (Å²) in [7, 11) is -1.51. The number of aldehydes is 1. The van der Waals surface area contributed by atoms with Gasteiger partial charge >= 0.3 is 13.0 Å². The second-order valence-corrected chi connectivity index (χ2v) is 4.52. The quantitative estimate of drug-likeness (QED) is 0.193. The Morgan fingerprint density at radius 3 is 1.78 bits per heavy atom. The summed E-state index contributed by atoms with van der Waals surface area (Å²) < 4.78 is 20.2. The highest BCUT2D eigenvalue weighted by Crippen LogP contribution is 2.47. The zero-order chi connectivity index (χ0) is 15.2. The van der Waals surface area contributed by atoms with Gasteiger partial charge in [-0.25, -0.2) is 4.57 Å². The van der Waals surface area contributed by atoms with E-state index in [-0.39, 0.29) is 0 Å². The van der Waals surface area contributed by atoms with Crippen molar-refractivity contribution in [1.82, 2.24) is 0 Å². The van der Waals surface area contributed by atoms with Gasteiger partial charge in [0, 0.05) is 21.1 Å². The Morgan fingerprint density at radius 1 is 1.44 bits per heavy atom. The normalized spacial score (nSPS) is 8.22. The molecule has 0 aromatic heterocycles. The van der Waals surface area contributed by atoms with Crippen molar-refractivity contribution < 1.29 is 28.0 Å². The van der Waals surface area contributed by atoms with Gasteiger partial charge in [0.1, 0.15) is 6.29 Å².